The fourth-order valence-electron chi connectivity index (χ4n) is 1.62. The third-order valence-corrected chi connectivity index (χ3v) is 3.09. The quantitative estimate of drug-likeness (QED) is 0.724. The summed E-state index contributed by atoms with van der Waals surface area (Å²) in [6.07, 6.45) is 1.92. The summed E-state index contributed by atoms with van der Waals surface area (Å²) in [5.74, 6) is 1.64. The number of ether oxygens (including phenoxy) is 1. The second kappa shape index (κ2) is 7.67. The van der Waals surface area contributed by atoms with E-state index in [-0.39, 0.29) is 0 Å². The second-order valence-corrected chi connectivity index (χ2v) is 5.05. The summed E-state index contributed by atoms with van der Waals surface area (Å²) in [6, 6.07) is 4.19. The lowest BCUT2D eigenvalue weighted by Crippen LogP contribution is -2.31. The van der Waals surface area contributed by atoms with Crippen molar-refractivity contribution in [3.8, 4) is 0 Å². The van der Waals surface area contributed by atoms with E-state index in [1.54, 1.807) is 7.11 Å². The van der Waals surface area contributed by atoms with Crippen molar-refractivity contribution >= 4 is 21.7 Å². The Morgan fingerprint density at radius 3 is 2.65 bits per heavy atom. The van der Waals surface area contributed by atoms with Crippen LogP contribution in [0.3, 0.4) is 0 Å². The van der Waals surface area contributed by atoms with Gasteiger partial charge in [0, 0.05) is 31.7 Å². The van der Waals surface area contributed by atoms with Crippen LogP contribution >= 0.6 is 15.9 Å². The molecular weight excluding hydrogens is 280 g/mol. The summed E-state index contributed by atoms with van der Waals surface area (Å²) in [7, 11) is 1.73. The molecule has 96 valence electrons. The Morgan fingerprint density at radius 2 is 2.18 bits per heavy atom. The van der Waals surface area contributed by atoms with Crippen molar-refractivity contribution in [3.05, 3.63) is 23.9 Å². The van der Waals surface area contributed by atoms with E-state index in [1.807, 2.05) is 6.20 Å². The third-order valence-electron chi connectivity index (χ3n) is 2.44. The monoisotopic (exact) mass is 300 g/mol. The van der Waals surface area contributed by atoms with Crippen molar-refractivity contribution in [2.45, 2.75) is 19.2 Å². The van der Waals surface area contributed by atoms with Crippen LogP contribution in [0.25, 0.3) is 0 Å². The average Bonchev–Trinajstić information content (AvgIpc) is 2.34. The molecule has 0 saturated heterocycles. The summed E-state index contributed by atoms with van der Waals surface area (Å²) in [4.78, 5) is 6.77. The van der Waals surface area contributed by atoms with Crippen LogP contribution < -0.4 is 4.90 Å². The maximum Gasteiger partial charge on any atom is 0.128 e. The predicted molar refractivity (Wildman–Crippen MR) is 75.8 cm³/mol. The Balaban J connectivity index is 2.72. The van der Waals surface area contributed by atoms with Crippen LogP contribution in [0.15, 0.2) is 18.3 Å². The molecule has 0 spiro atoms. The molecule has 1 aromatic heterocycles. The van der Waals surface area contributed by atoms with E-state index in [0.717, 1.165) is 30.8 Å². The van der Waals surface area contributed by atoms with Crippen LogP contribution in [0.1, 0.15) is 19.4 Å². The van der Waals surface area contributed by atoms with Crippen LogP contribution in [-0.4, -0.2) is 31.8 Å². The fraction of sp³-hybridized carbons (Fsp3) is 0.615. The highest BCUT2D eigenvalue weighted by Crippen LogP contribution is 2.14. The van der Waals surface area contributed by atoms with Crippen molar-refractivity contribution in [2.24, 2.45) is 5.92 Å². The van der Waals surface area contributed by atoms with E-state index in [2.05, 4.69) is 51.8 Å². The summed E-state index contributed by atoms with van der Waals surface area (Å²) in [5, 5.41) is 0.850. The van der Waals surface area contributed by atoms with Gasteiger partial charge in [-0.15, -0.1) is 0 Å². The number of rotatable bonds is 7. The van der Waals surface area contributed by atoms with Gasteiger partial charge in [0.2, 0.25) is 0 Å². The van der Waals surface area contributed by atoms with Gasteiger partial charge in [0.25, 0.3) is 0 Å². The molecule has 0 aliphatic heterocycles. The summed E-state index contributed by atoms with van der Waals surface area (Å²) in [5.41, 5.74) is 1.20. The number of anilines is 1. The number of methoxy groups -OCH3 is 1. The first kappa shape index (κ1) is 14.5. The van der Waals surface area contributed by atoms with Gasteiger partial charge in [0.05, 0.1) is 6.61 Å². The molecule has 0 aromatic carbocycles. The van der Waals surface area contributed by atoms with Crippen molar-refractivity contribution < 1.29 is 4.74 Å². The lowest BCUT2D eigenvalue weighted by Gasteiger charge is -2.25. The molecular formula is C13H21BrN2O. The molecule has 0 aliphatic carbocycles. The van der Waals surface area contributed by atoms with Gasteiger partial charge in [-0.2, -0.15) is 0 Å². The summed E-state index contributed by atoms with van der Waals surface area (Å²) in [6.45, 7) is 7.05. The van der Waals surface area contributed by atoms with E-state index < -0.39 is 0 Å². The van der Waals surface area contributed by atoms with Crippen LogP contribution in [0.4, 0.5) is 5.82 Å². The molecule has 0 fully saturated rings. The lowest BCUT2D eigenvalue weighted by atomic mass is 10.2. The van der Waals surface area contributed by atoms with Gasteiger partial charge in [0.15, 0.2) is 0 Å². The normalized spacial score (nSPS) is 10.9. The fourth-order valence-corrected chi connectivity index (χ4v) is 1.96. The van der Waals surface area contributed by atoms with E-state index >= 15 is 0 Å². The molecule has 4 heteroatoms. The number of hydrogen-bond acceptors (Lipinski definition) is 3. The smallest absolute Gasteiger partial charge is 0.128 e. The maximum absolute atomic E-state index is 5.14. The zero-order valence-electron chi connectivity index (χ0n) is 10.8. The van der Waals surface area contributed by atoms with Crippen LogP contribution in [0, 0.1) is 5.92 Å². The van der Waals surface area contributed by atoms with Gasteiger partial charge in [-0.1, -0.05) is 35.8 Å². The molecule has 3 nitrogen and oxygen atoms in total. The standard InChI is InChI=1S/C13H21BrN2O/c1-11(2)10-16(6-7-17-3)13-5-4-12(8-14)9-15-13/h4-5,9,11H,6-8,10H2,1-3H3. The van der Waals surface area contributed by atoms with E-state index in [4.69, 9.17) is 4.74 Å². The minimum atomic E-state index is 0.615. The number of aromatic nitrogens is 1. The average molecular weight is 301 g/mol. The number of alkyl halides is 1. The number of nitrogens with zero attached hydrogens (tertiary/aromatic N) is 2. The van der Waals surface area contributed by atoms with E-state index in [9.17, 15) is 0 Å². The summed E-state index contributed by atoms with van der Waals surface area (Å²) >= 11 is 3.43. The molecule has 0 aliphatic rings. The third kappa shape index (κ3) is 5.04. The molecule has 1 aromatic rings. The Labute approximate surface area is 112 Å². The molecule has 0 unspecified atom stereocenters. The van der Waals surface area contributed by atoms with Crippen LogP contribution in [0.5, 0.6) is 0 Å². The Bertz CT molecular complexity index is 314. The van der Waals surface area contributed by atoms with Crippen molar-refractivity contribution in [3.63, 3.8) is 0 Å². The van der Waals surface area contributed by atoms with E-state index in [0.29, 0.717) is 5.92 Å². The van der Waals surface area contributed by atoms with Gasteiger partial charge in [-0.3, -0.25) is 0 Å². The lowest BCUT2D eigenvalue weighted by molar-refractivity contribution is 0.204. The topological polar surface area (TPSA) is 25.4 Å². The molecule has 0 saturated carbocycles. The molecule has 0 atom stereocenters. The Morgan fingerprint density at radius 1 is 1.41 bits per heavy atom. The largest absolute Gasteiger partial charge is 0.383 e. The molecule has 0 amide bonds. The molecule has 0 bridgehead atoms. The van der Waals surface area contributed by atoms with Crippen molar-refractivity contribution in [2.75, 3.05) is 31.7 Å². The van der Waals surface area contributed by atoms with Gasteiger partial charge in [0.1, 0.15) is 5.82 Å². The zero-order valence-corrected chi connectivity index (χ0v) is 12.4. The predicted octanol–water partition coefficient (Wildman–Crippen LogP) is 3.09. The first-order chi connectivity index (χ1) is 8.17. The van der Waals surface area contributed by atoms with Gasteiger partial charge in [-0.05, 0) is 17.5 Å². The van der Waals surface area contributed by atoms with Gasteiger partial charge < -0.3 is 9.64 Å². The molecule has 1 rings (SSSR count). The minimum absolute atomic E-state index is 0.615. The second-order valence-electron chi connectivity index (χ2n) is 4.49. The minimum Gasteiger partial charge on any atom is -0.383 e. The molecule has 1 heterocycles. The van der Waals surface area contributed by atoms with Crippen LogP contribution in [-0.2, 0) is 10.1 Å². The Hall–Kier alpha value is -0.610. The summed E-state index contributed by atoms with van der Waals surface area (Å²) < 4.78 is 5.14. The van der Waals surface area contributed by atoms with Crippen molar-refractivity contribution in [1.29, 1.82) is 0 Å². The van der Waals surface area contributed by atoms with Crippen LogP contribution in [0.2, 0.25) is 0 Å². The molecule has 17 heavy (non-hydrogen) atoms. The highest BCUT2D eigenvalue weighted by Gasteiger charge is 2.09. The van der Waals surface area contributed by atoms with Crippen molar-refractivity contribution in [1.82, 2.24) is 4.98 Å². The number of hydrogen-bond donors (Lipinski definition) is 0. The first-order valence-electron chi connectivity index (χ1n) is 5.92. The van der Waals surface area contributed by atoms with Gasteiger partial charge >= 0.3 is 0 Å². The number of pyridine rings is 1. The molecule has 0 radical (unpaired) electrons. The highest BCUT2D eigenvalue weighted by molar-refractivity contribution is 9.08. The van der Waals surface area contributed by atoms with Gasteiger partial charge in [-0.25, -0.2) is 4.98 Å². The first-order valence-corrected chi connectivity index (χ1v) is 7.04. The SMILES string of the molecule is COCCN(CC(C)C)c1ccc(CBr)cn1. The number of halogens is 1. The highest BCUT2D eigenvalue weighted by atomic mass is 79.9. The maximum atomic E-state index is 5.14. The zero-order chi connectivity index (χ0) is 12.7. The Kier molecular flexibility index (Phi) is 6.52. The molecule has 0 N–H and O–H groups in total. The van der Waals surface area contributed by atoms with E-state index in [1.165, 1.54) is 5.56 Å².